The second-order valence-electron chi connectivity index (χ2n) is 7.06. The van der Waals surface area contributed by atoms with Crippen LogP contribution in [0.2, 0.25) is 0 Å². The van der Waals surface area contributed by atoms with Crippen molar-refractivity contribution in [2.45, 2.75) is 6.92 Å². The number of anilines is 3. The van der Waals surface area contributed by atoms with E-state index in [1.165, 1.54) is 10.7 Å². The molecule has 0 bridgehead atoms. The standard InChI is InChI=1S/C23H17FN6O2/c1-14-13-26-22(27-16-6-7-17(18(24)12-16)15-8-10-25-11-9-15)28-21(14)29-30-19-4-2-3-5-20(19)32-23(30)31/h2-13H,1H3,(H2,26,27,28,29). The molecular formula is C23H17FN6O2. The first-order valence-corrected chi connectivity index (χ1v) is 9.77. The smallest absolute Gasteiger partial charge is 0.406 e. The summed E-state index contributed by atoms with van der Waals surface area (Å²) in [6, 6.07) is 15.3. The normalized spacial score (nSPS) is 10.9. The number of aryl methyl sites for hydroxylation is 1. The number of pyridine rings is 1. The van der Waals surface area contributed by atoms with Crippen LogP contribution in [-0.2, 0) is 0 Å². The number of aromatic nitrogens is 4. The van der Waals surface area contributed by atoms with Crippen LogP contribution in [0.1, 0.15) is 5.56 Å². The molecule has 3 aromatic heterocycles. The van der Waals surface area contributed by atoms with E-state index in [0.29, 0.717) is 33.7 Å². The Hall–Kier alpha value is -4.53. The zero-order valence-electron chi connectivity index (χ0n) is 16.9. The Balaban J connectivity index is 1.42. The van der Waals surface area contributed by atoms with Gasteiger partial charge in [0.05, 0.1) is 0 Å². The number of hydrogen-bond donors (Lipinski definition) is 2. The van der Waals surface area contributed by atoms with E-state index < -0.39 is 5.76 Å². The minimum absolute atomic E-state index is 0.245. The van der Waals surface area contributed by atoms with Gasteiger partial charge in [0.15, 0.2) is 11.4 Å². The van der Waals surface area contributed by atoms with Crippen molar-refractivity contribution < 1.29 is 8.81 Å². The molecule has 2 aromatic carbocycles. The van der Waals surface area contributed by atoms with Crippen LogP contribution in [0.3, 0.4) is 0 Å². The number of benzene rings is 2. The van der Waals surface area contributed by atoms with Gasteiger partial charge in [-0.15, -0.1) is 0 Å². The first-order chi connectivity index (χ1) is 15.6. The summed E-state index contributed by atoms with van der Waals surface area (Å²) in [7, 11) is 0. The first kappa shape index (κ1) is 19.4. The maximum Gasteiger partial charge on any atom is 0.439 e. The molecule has 5 aromatic rings. The maximum atomic E-state index is 14.7. The molecule has 9 heteroatoms. The van der Waals surface area contributed by atoms with Gasteiger partial charge in [0.2, 0.25) is 5.95 Å². The second-order valence-corrected chi connectivity index (χ2v) is 7.06. The molecule has 3 heterocycles. The summed E-state index contributed by atoms with van der Waals surface area (Å²) in [5, 5.41) is 3.00. The zero-order chi connectivity index (χ0) is 22.1. The summed E-state index contributed by atoms with van der Waals surface area (Å²) in [6.07, 6.45) is 4.83. The van der Waals surface area contributed by atoms with E-state index in [0.717, 1.165) is 5.56 Å². The summed E-state index contributed by atoms with van der Waals surface area (Å²) < 4.78 is 21.2. The lowest BCUT2D eigenvalue weighted by Crippen LogP contribution is -2.23. The highest BCUT2D eigenvalue weighted by atomic mass is 19.1. The molecule has 0 amide bonds. The van der Waals surface area contributed by atoms with E-state index in [1.54, 1.807) is 67.1 Å². The highest BCUT2D eigenvalue weighted by Crippen LogP contribution is 2.26. The van der Waals surface area contributed by atoms with E-state index in [2.05, 4.69) is 25.7 Å². The Morgan fingerprint density at radius 3 is 2.69 bits per heavy atom. The Labute approximate surface area is 181 Å². The third-order valence-electron chi connectivity index (χ3n) is 4.89. The monoisotopic (exact) mass is 428 g/mol. The van der Waals surface area contributed by atoms with Crippen molar-refractivity contribution in [1.29, 1.82) is 0 Å². The van der Waals surface area contributed by atoms with Gasteiger partial charge in [0.1, 0.15) is 11.3 Å². The molecule has 0 saturated carbocycles. The third kappa shape index (κ3) is 3.67. The van der Waals surface area contributed by atoms with Crippen LogP contribution in [0, 0.1) is 12.7 Å². The highest BCUT2D eigenvalue weighted by molar-refractivity contribution is 5.73. The Morgan fingerprint density at radius 2 is 1.88 bits per heavy atom. The summed E-state index contributed by atoms with van der Waals surface area (Å²) in [6.45, 7) is 1.81. The van der Waals surface area contributed by atoms with Crippen LogP contribution < -0.4 is 16.5 Å². The molecule has 32 heavy (non-hydrogen) atoms. The molecule has 0 saturated heterocycles. The number of oxazole rings is 1. The van der Waals surface area contributed by atoms with Crippen LogP contribution >= 0.6 is 0 Å². The van der Waals surface area contributed by atoms with Gasteiger partial charge in [0, 0.05) is 35.4 Å². The van der Waals surface area contributed by atoms with Crippen LogP contribution in [0.15, 0.2) is 82.4 Å². The molecule has 0 aliphatic heterocycles. The Kier molecular flexibility index (Phi) is 4.83. The number of fused-ring (bicyclic) bond motifs is 1. The van der Waals surface area contributed by atoms with Crippen LogP contribution in [0.5, 0.6) is 0 Å². The van der Waals surface area contributed by atoms with Crippen LogP contribution in [0.4, 0.5) is 21.8 Å². The van der Waals surface area contributed by atoms with Crippen molar-refractivity contribution >= 4 is 28.6 Å². The van der Waals surface area contributed by atoms with Gasteiger partial charge in [-0.05, 0) is 55.0 Å². The average Bonchev–Trinajstić information content (AvgIpc) is 3.12. The second kappa shape index (κ2) is 7.95. The summed E-state index contributed by atoms with van der Waals surface area (Å²) in [5.41, 5.74) is 6.42. The van der Waals surface area contributed by atoms with Crippen molar-refractivity contribution in [1.82, 2.24) is 19.6 Å². The highest BCUT2D eigenvalue weighted by Gasteiger charge is 2.12. The fourth-order valence-corrected chi connectivity index (χ4v) is 3.28. The Morgan fingerprint density at radius 1 is 1.06 bits per heavy atom. The summed E-state index contributed by atoms with van der Waals surface area (Å²) in [5.74, 6) is -0.296. The number of halogens is 1. The van der Waals surface area contributed by atoms with Gasteiger partial charge in [-0.2, -0.15) is 9.66 Å². The first-order valence-electron chi connectivity index (χ1n) is 9.77. The van der Waals surface area contributed by atoms with Crippen LogP contribution in [-0.4, -0.2) is 19.6 Å². The molecule has 158 valence electrons. The van der Waals surface area contributed by atoms with Gasteiger partial charge in [-0.3, -0.25) is 10.4 Å². The largest absolute Gasteiger partial charge is 0.439 e. The number of hydrogen-bond acceptors (Lipinski definition) is 7. The predicted octanol–water partition coefficient (Wildman–Crippen LogP) is 4.51. The molecular weight excluding hydrogens is 411 g/mol. The zero-order valence-corrected chi connectivity index (χ0v) is 16.9. The number of para-hydroxylation sites is 2. The van der Waals surface area contributed by atoms with Crippen LogP contribution in [0.25, 0.3) is 22.2 Å². The molecule has 2 N–H and O–H groups in total. The summed E-state index contributed by atoms with van der Waals surface area (Å²) in [4.78, 5) is 24.9. The quantitative estimate of drug-likeness (QED) is 0.425. The molecule has 0 fully saturated rings. The molecule has 0 aliphatic rings. The summed E-state index contributed by atoms with van der Waals surface area (Å²) >= 11 is 0. The van der Waals surface area contributed by atoms with E-state index in [-0.39, 0.29) is 11.8 Å². The lowest BCUT2D eigenvalue weighted by Gasteiger charge is -2.12. The number of nitrogens with one attached hydrogen (secondary N) is 2. The average molecular weight is 428 g/mol. The molecule has 0 atom stereocenters. The van der Waals surface area contributed by atoms with Gasteiger partial charge in [0.25, 0.3) is 0 Å². The molecule has 0 radical (unpaired) electrons. The predicted molar refractivity (Wildman–Crippen MR) is 119 cm³/mol. The van der Waals surface area contributed by atoms with Gasteiger partial charge in [-0.1, -0.05) is 12.1 Å². The molecule has 0 aliphatic carbocycles. The SMILES string of the molecule is Cc1cnc(Nc2ccc(-c3ccncc3)c(F)c2)nc1Nn1c(=O)oc2ccccc21. The minimum atomic E-state index is -0.563. The van der Waals surface area contributed by atoms with E-state index in [4.69, 9.17) is 4.42 Å². The van der Waals surface area contributed by atoms with Crippen molar-refractivity contribution in [3.8, 4) is 11.1 Å². The van der Waals surface area contributed by atoms with Crippen molar-refractivity contribution in [3.05, 3.63) is 95.1 Å². The van der Waals surface area contributed by atoms with Crippen molar-refractivity contribution in [2.75, 3.05) is 10.7 Å². The number of nitrogens with zero attached hydrogens (tertiary/aromatic N) is 4. The van der Waals surface area contributed by atoms with Crippen molar-refractivity contribution in [2.24, 2.45) is 0 Å². The fourth-order valence-electron chi connectivity index (χ4n) is 3.28. The molecule has 0 spiro atoms. The Bertz CT molecular complexity index is 1480. The van der Waals surface area contributed by atoms with Gasteiger partial charge >= 0.3 is 5.76 Å². The minimum Gasteiger partial charge on any atom is -0.406 e. The lowest BCUT2D eigenvalue weighted by atomic mass is 10.1. The molecule has 8 nitrogen and oxygen atoms in total. The van der Waals surface area contributed by atoms with Crippen molar-refractivity contribution in [3.63, 3.8) is 0 Å². The van der Waals surface area contributed by atoms with E-state index >= 15 is 0 Å². The molecule has 0 unspecified atom stereocenters. The van der Waals surface area contributed by atoms with Gasteiger partial charge in [-0.25, -0.2) is 14.2 Å². The fraction of sp³-hybridized carbons (Fsp3) is 0.0435. The van der Waals surface area contributed by atoms with E-state index in [1.807, 2.05) is 6.92 Å². The maximum absolute atomic E-state index is 14.7. The van der Waals surface area contributed by atoms with E-state index in [9.17, 15) is 9.18 Å². The van der Waals surface area contributed by atoms with Gasteiger partial charge < -0.3 is 9.73 Å². The lowest BCUT2D eigenvalue weighted by molar-refractivity contribution is 0.532. The number of rotatable bonds is 5. The third-order valence-corrected chi connectivity index (χ3v) is 4.89. The molecule has 5 rings (SSSR count). The topological polar surface area (TPSA) is 97.9 Å².